The fourth-order valence-corrected chi connectivity index (χ4v) is 9.88. The molecule has 5 aromatic rings. The molecule has 2 aromatic heterocycles. The van der Waals surface area contributed by atoms with E-state index in [2.05, 4.69) is 22.0 Å². The molecule has 3 saturated heterocycles. The molecule has 1 amide bonds. The molecule has 12 heteroatoms. The lowest BCUT2D eigenvalue weighted by Gasteiger charge is -2.39. The van der Waals surface area contributed by atoms with Gasteiger partial charge in [-0.05, 0) is 74.4 Å². The number of nitriles is 1. The molecule has 2 bridgehead atoms. The average molecular weight is 792 g/mol. The molecule has 5 atom stereocenters. The van der Waals surface area contributed by atoms with Gasteiger partial charge in [-0.2, -0.15) is 5.26 Å². The lowest BCUT2D eigenvalue weighted by Crippen LogP contribution is -2.41. The minimum Gasteiger partial charge on any atom is -0.371 e. The first-order chi connectivity index (χ1) is 25.6. The van der Waals surface area contributed by atoms with Crippen molar-refractivity contribution in [1.29, 1.82) is 5.26 Å². The third-order valence-corrected chi connectivity index (χ3v) is 13.3. The summed E-state index contributed by atoms with van der Waals surface area (Å²) < 4.78 is 26.1. The van der Waals surface area contributed by atoms with Crippen molar-refractivity contribution in [2.45, 2.75) is 76.3 Å². The van der Waals surface area contributed by atoms with Crippen LogP contribution in [-0.4, -0.2) is 45.6 Å². The first kappa shape index (κ1) is 35.3. The van der Waals surface area contributed by atoms with Gasteiger partial charge in [-0.3, -0.25) is 4.79 Å². The number of aromatic nitrogens is 2. The van der Waals surface area contributed by atoms with Gasteiger partial charge < -0.3 is 19.5 Å². The molecule has 0 radical (unpaired) electrons. The third kappa shape index (κ3) is 5.91. The second-order valence-corrected chi connectivity index (χ2v) is 16.5. The number of aryl methyl sites for hydroxylation is 2. The van der Waals surface area contributed by atoms with Crippen LogP contribution in [0.5, 0.6) is 0 Å². The van der Waals surface area contributed by atoms with Crippen LogP contribution in [0.1, 0.15) is 66.7 Å². The summed E-state index contributed by atoms with van der Waals surface area (Å²) in [5, 5.41) is 16.6. The number of halogens is 5. The molecule has 7 nitrogen and oxygen atoms in total. The highest BCUT2D eigenvalue weighted by molar-refractivity contribution is 6.43. The van der Waals surface area contributed by atoms with Gasteiger partial charge in [-0.1, -0.05) is 64.6 Å². The van der Waals surface area contributed by atoms with E-state index in [1.807, 2.05) is 24.0 Å². The summed E-state index contributed by atoms with van der Waals surface area (Å²) in [6.45, 7) is 3.50. The van der Waals surface area contributed by atoms with Crippen LogP contribution in [0.25, 0.3) is 32.9 Å². The van der Waals surface area contributed by atoms with E-state index in [0.717, 1.165) is 48.0 Å². The van der Waals surface area contributed by atoms with Crippen molar-refractivity contribution in [2.75, 3.05) is 13.1 Å². The van der Waals surface area contributed by atoms with Crippen molar-refractivity contribution < 1.29 is 13.9 Å². The van der Waals surface area contributed by atoms with Gasteiger partial charge in [0.05, 0.1) is 46.4 Å². The van der Waals surface area contributed by atoms with E-state index >= 15 is 4.39 Å². The Kier molecular flexibility index (Phi) is 9.13. The molecule has 5 heterocycles. The number of hydrogen-bond acceptors (Lipinski definition) is 5. The molecule has 5 fully saturated rings. The van der Waals surface area contributed by atoms with E-state index in [9.17, 15) is 10.1 Å². The summed E-state index contributed by atoms with van der Waals surface area (Å²) in [5.74, 6) is 0.0720. The van der Waals surface area contributed by atoms with Crippen molar-refractivity contribution in [3.63, 3.8) is 0 Å². The van der Waals surface area contributed by atoms with Gasteiger partial charge in [0.2, 0.25) is 5.91 Å². The van der Waals surface area contributed by atoms with Crippen molar-refractivity contribution in [2.24, 2.45) is 11.8 Å². The van der Waals surface area contributed by atoms with Gasteiger partial charge in [0.1, 0.15) is 5.52 Å². The molecule has 3 aromatic carbocycles. The number of amides is 1. The Labute approximate surface area is 326 Å². The standard InChI is InChI=1S/C41H36Cl4FN5O2/c1-20-26-16-34(33-15-24(18-50(33)41(52)21-10-11-21)53-19-28-29(42)7-3-8-30(28)43)51(39-23-14-32(39)48-17-23)40(26)27-13-22(5-4-12-47)35(37(46)38(27)49-20)25-6-2-9-31(44)36(25)45/h2-3,6-9,13,16,21,23-24,32-33,39,48H,4-5,10-11,14-15,17-19H2,1H3/t23-,24+,32-,33-,39+/m1/s1. The first-order valence-electron chi connectivity index (χ1n) is 18.2. The zero-order valence-corrected chi connectivity index (χ0v) is 32.0. The van der Waals surface area contributed by atoms with Crippen LogP contribution < -0.4 is 5.32 Å². The summed E-state index contributed by atoms with van der Waals surface area (Å²) in [6, 6.07) is 17.1. The summed E-state index contributed by atoms with van der Waals surface area (Å²) in [6.07, 6.45) is 3.71. The number of likely N-dealkylation sites (tertiary alicyclic amines) is 1. The van der Waals surface area contributed by atoms with E-state index < -0.39 is 5.82 Å². The Hall–Kier alpha value is -3.42. The Balaban J connectivity index is 1.22. The second kappa shape index (κ2) is 13.7. The van der Waals surface area contributed by atoms with E-state index in [1.54, 1.807) is 30.3 Å². The highest BCUT2D eigenvalue weighted by Gasteiger charge is 2.51. The molecule has 2 aliphatic carbocycles. The highest BCUT2D eigenvalue weighted by atomic mass is 35.5. The van der Waals surface area contributed by atoms with Crippen molar-refractivity contribution in [1.82, 2.24) is 19.8 Å². The predicted octanol–water partition coefficient (Wildman–Crippen LogP) is 10.2. The Morgan fingerprint density at radius 3 is 2.51 bits per heavy atom. The van der Waals surface area contributed by atoms with Crippen molar-refractivity contribution in [3.05, 3.63) is 97.0 Å². The van der Waals surface area contributed by atoms with Gasteiger partial charge >= 0.3 is 0 Å². The molecule has 5 aliphatic rings. The monoisotopic (exact) mass is 789 g/mol. The highest BCUT2D eigenvalue weighted by Crippen LogP contribution is 2.51. The zero-order chi connectivity index (χ0) is 36.7. The number of pyridine rings is 1. The molecule has 0 unspecified atom stereocenters. The number of carbonyl (C=O) groups excluding carboxylic acids is 1. The molecular weight excluding hydrogens is 755 g/mol. The second-order valence-electron chi connectivity index (χ2n) is 14.9. The van der Waals surface area contributed by atoms with Gasteiger partial charge in [0, 0.05) is 86.8 Å². The number of hydrogen-bond donors (Lipinski definition) is 1. The molecule has 2 saturated carbocycles. The number of nitrogens with one attached hydrogen (secondary N) is 1. The summed E-state index contributed by atoms with van der Waals surface area (Å²) in [7, 11) is 0. The molecule has 0 spiro atoms. The van der Waals surface area contributed by atoms with Crippen LogP contribution in [0.15, 0.2) is 48.5 Å². The normalized spacial score (nSPS) is 23.6. The van der Waals surface area contributed by atoms with Crippen molar-refractivity contribution in [3.8, 4) is 17.2 Å². The smallest absolute Gasteiger partial charge is 0.226 e. The van der Waals surface area contributed by atoms with Crippen LogP contribution in [0.3, 0.4) is 0 Å². The SMILES string of the molecule is Cc1nc2c(F)c(-c3cccc(Cl)c3Cl)c(CCC#N)cc2c2c1cc([C@H]1C[C@H](OCc3c(Cl)cccc3Cl)CN1C(=O)C1CC1)n2[C@H]1[C@H]2CN[C@@H]1C2. The number of rotatable bonds is 9. The predicted molar refractivity (Wildman–Crippen MR) is 207 cm³/mol. The van der Waals surface area contributed by atoms with E-state index in [-0.39, 0.29) is 59.6 Å². The van der Waals surface area contributed by atoms with Crippen LogP contribution in [-0.2, 0) is 22.6 Å². The molecule has 3 aliphatic heterocycles. The van der Waals surface area contributed by atoms with Gasteiger partial charge in [0.15, 0.2) is 5.82 Å². The maximum absolute atomic E-state index is 17.2. The molecule has 53 heavy (non-hydrogen) atoms. The fourth-order valence-electron chi connectivity index (χ4n) is 8.98. The summed E-state index contributed by atoms with van der Waals surface area (Å²) in [4.78, 5) is 21.0. The van der Waals surface area contributed by atoms with Crippen LogP contribution in [0, 0.1) is 35.9 Å². The number of benzene rings is 3. The number of carbonyl (C=O) groups is 1. The van der Waals surface area contributed by atoms with E-state index in [0.29, 0.717) is 68.1 Å². The maximum atomic E-state index is 17.2. The number of ether oxygens (including phenoxy) is 1. The maximum Gasteiger partial charge on any atom is 0.226 e. The molecular formula is C41H36Cl4FN5O2. The first-order valence-corrected chi connectivity index (χ1v) is 19.7. The van der Waals surface area contributed by atoms with E-state index in [4.69, 9.17) is 56.1 Å². The topological polar surface area (TPSA) is 83.2 Å². The van der Waals surface area contributed by atoms with Gasteiger partial charge in [0.25, 0.3) is 0 Å². The molecule has 1 N–H and O–H groups in total. The quantitative estimate of drug-likeness (QED) is 0.161. The minimum absolute atomic E-state index is 0.0198. The summed E-state index contributed by atoms with van der Waals surface area (Å²) in [5.41, 5.74) is 5.01. The Morgan fingerprint density at radius 2 is 1.81 bits per heavy atom. The van der Waals surface area contributed by atoms with Gasteiger partial charge in [-0.25, -0.2) is 9.37 Å². The Bertz CT molecular complexity index is 2340. The molecule has 10 rings (SSSR count). The molecule has 272 valence electrons. The average Bonchev–Trinajstić information content (AvgIpc) is 3.43. The zero-order valence-electron chi connectivity index (χ0n) is 28.9. The lowest BCUT2D eigenvalue weighted by atomic mass is 9.79. The fraction of sp³-hybridized carbons (Fsp3) is 0.390. The van der Waals surface area contributed by atoms with Gasteiger partial charge in [-0.15, -0.1) is 0 Å². The third-order valence-electron chi connectivity index (χ3n) is 11.8. The van der Waals surface area contributed by atoms with Crippen LogP contribution in [0.4, 0.5) is 4.39 Å². The van der Waals surface area contributed by atoms with E-state index in [1.165, 1.54) is 0 Å². The largest absolute Gasteiger partial charge is 0.371 e. The minimum atomic E-state index is -0.494. The summed E-state index contributed by atoms with van der Waals surface area (Å²) >= 11 is 26.1. The Morgan fingerprint density at radius 1 is 1.06 bits per heavy atom. The van der Waals surface area contributed by atoms with Crippen LogP contribution >= 0.6 is 46.4 Å². The number of fused-ring (bicyclic) bond motifs is 4. The number of nitrogens with zero attached hydrogens (tertiary/aromatic N) is 4. The lowest BCUT2D eigenvalue weighted by molar-refractivity contribution is -0.134. The van der Waals surface area contributed by atoms with Crippen LogP contribution in [0.2, 0.25) is 20.1 Å². The van der Waals surface area contributed by atoms with Crippen molar-refractivity contribution >= 4 is 74.1 Å².